The molecule has 5 N–H and O–H groups in total. The van der Waals surface area contributed by atoms with Crippen LogP contribution in [0.1, 0.15) is 36.7 Å². The Hall–Kier alpha value is -2.08. The summed E-state index contributed by atoms with van der Waals surface area (Å²) in [6.07, 6.45) is 0. The second-order valence-electron chi connectivity index (χ2n) is 5.07. The molecular formula is C13H19N3O3. The number of ether oxygens (including phenoxy) is 1. The van der Waals surface area contributed by atoms with Gasteiger partial charge < -0.3 is 21.5 Å². The van der Waals surface area contributed by atoms with E-state index in [9.17, 15) is 9.59 Å². The minimum Gasteiger partial charge on any atom is -0.456 e. The second-order valence-corrected chi connectivity index (χ2v) is 5.07. The lowest BCUT2D eigenvalue weighted by atomic mass is 10.1. The molecule has 0 aliphatic carbocycles. The summed E-state index contributed by atoms with van der Waals surface area (Å²) in [4.78, 5) is 22.9. The van der Waals surface area contributed by atoms with E-state index in [-0.39, 0.29) is 6.54 Å². The van der Waals surface area contributed by atoms with E-state index in [0.29, 0.717) is 16.8 Å². The number of carbonyl (C=O) groups is 2. The van der Waals surface area contributed by atoms with Crippen LogP contribution in [0.3, 0.4) is 0 Å². The second kappa shape index (κ2) is 5.71. The van der Waals surface area contributed by atoms with Crippen molar-refractivity contribution >= 4 is 17.7 Å². The SMILES string of the molecule is CC(C)(C)OC(=O)c1cc(NC(N)=O)ccc1CN. The van der Waals surface area contributed by atoms with E-state index in [1.807, 2.05) is 0 Å². The number of rotatable bonds is 3. The van der Waals surface area contributed by atoms with Crippen LogP contribution in [-0.2, 0) is 11.3 Å². The maximum absolute atomic E-state index is 12.1. The van der Waals surface area contributed by atoms with Gasteiger partial charge in [-0.1, -0.05) is 6.07 Å². The molecule has 0 radical (unpaired) electrons. The fourth-order valence-corrected chi connectivity index (χ4v) is 1.50. The quantitative estimate of drug-likeness (QED) is 0.721. The lowest BCUT2D eigenvalue weighted by Gasteiger charge is -2.20. The van der Waals surface area contributed by atoms with E-state index < -0.39 is 17.6 Å². The fourth-order valence-electron chi connectivity index (χ4n) is 1.50. The summed E-state index contributed by atoms with van der Waals surface area (Å²) >= 11 is 0. The van der Waals surface area contributed by atoms with Gasteiger partial charge in [-0.05, 0) is 38.5 Å². The molecule has 0 atom stereocenters. The number of nitrogens with two attached hydrogens (primary N) is 2. The number of hydrogen-bond acceptors (Lipinski definition) is 4. The number of amides is 2. The minimum absolute atomic E-state index is 0.200. The summed E-state index contributed by atoms with van der Waals surface area (Å²) in [5.41, 5.74) is 11.4. The van der Waals surface area contributed by atoms with Crippen molar-refractivity contribution in [3.05, 3.63) is 29.3 Å². The molecule has 19 heavy (non-hydrogen) atoms. The van der Waals surface area contributed by atoms with Gasteiger partial charge in [0, 0.05) is 12.2 Å². The molecule has 0 aliphatic heterocycles. The highest BCUT2D eigenvalue weighted by Crippen LogP contribution is 2.19. The highest BCUT2D eigenvalue weighted by molar-refractivity contribution is 5.94. The molecule has 0 aromatic heterocycles. The molecule has 0 spiro atoms. The Kier molecular flexibility index (Phi) is 4.50. The molecular weight excluding hydrogens is 246 g/mol. The first-order valence-corrected chi connectivity index (χ1v) is 5.86. The van der Waals surface area contributed by atoms with Crippen LogP contribution in [0.15, 0.2) is 18.2 Å². The Bertz CT molecular complexity index is 492. The van der Waals surface area contributed by atoms with Gasteiger partial charge in [-0.3, -0.25) is 0 Å². The minimum atomic E-state index is -0.698. The summed E-state index contributed by atoms with van der Waals surface area (Å²) in [6, 6.07) is 4.09. The molecule has 1 aromatic carbocycles. The molecule has 0 saturated heterocycles. The van der Waals surface area contributed by atoms with Gasteiger partial charge in [0.15, 0.2) is 0 Å². The van der Waals surface area contributed by atoms with Crippen molar-refractivity contribution in [1.82, 2.24) is 0 Å². The van der Waals surface area contributed by atoms with Crippen LogP contribution in [0, 0.1) is 0 Å². The third-order valence-corrected chi connectivity index (χ3v) is 2.22. The lowest BCUT2D eigenvalue weighted by molar-refractivity contribution is 0.00683. The molecule has 1 rings (SSSR count). The topological polar surface area (TPSA) is 107 Å². The first-order chi connectivity index (χ1) is 8.73. The van der Waals surface area contributed by atoms with Crippen LogP contribution in [0.2, 0.25) is 0 Å². The number of anilines is 1. The monoisotopic (exact) mass is 265 g/mol. The zero-order valence-corrected chi connectivity index (χ0v) is 11.3. The van der Waals surface area contributed by atoms with E-state index in [1.54, 1.807) is 32.9 Å². The summed E-state index contributed by atoms with van der Waals surface area (Å²) in [6.45, 7) is 5.53. The average Bonchev–Trinajstić information content (AvgIpc) is 2.25. The average molecular weight is 265 g/mol. The maximum atomic E-state index is 12.1. The Balaban J connectivity index is 3.08. The van der Waals surface area contributed by atoms with Crippen LogP contribution in [0.5, 0.6) is 0 Å². The third-order valence-electron chi connectivity index (χ3n) is 2.22. The molecule has 104 valence electrons. The van der Waals surface area contributed by atoms with Crippen LogP contribution in [0.25, 0.3) is 0 Å². The largest absolute Gasteiger partial charge is 0.456 e. The van der Waals surface area contributed by atoms with Gasteiger partial charge in [-0.15, -0.1) is 0 Å². The smallest absolute Gasteiger partial charge is 0.339 e. The van der Waals surface area contributed by atoms with E-state index >= 15 is 0 Å². The molecule has 0 heterocycles. The summed E-state index contributed by atoms with van der Waals surface area (Å²) < 4.78 is 5.29. The number of urea groups is 1. The molecule has 6 nitrogen and oxygen atoms in total. The van der Waals surface area contributed by atoms with Crippen molar-refractivity contribution in [1.29, 1.82) is 0 Å². The predicted molar refractivity (Wildman–Crippen MR) is 72.7 cm³/mol. The number of esters is 1. The van der Waals surface area contributed by atoms with E-state index in [2.05, 4.69) is 5.32 Å². The molecule has 0 fully saturated rings. The van der Waals surface area contributed by atoms with Crippen molar-refractivity contribution in [2.45, 2.75) is 32.9 Å². The molecule has 1 aromatic rings. The maximum Gasteiger partial charge on any atom is 0.339 e. The highest BCUT2D eigenvalue weighted by Gasteiger charge is 2.20. The molecule has 0 bridgehead atoms. The van der Waals surface area contributed by atoms with Crippen molar-refractivity contribution in [3.8, 4) is 0 Å². The normalized spacial score (nSPS) is 10.9. The Morgan fingerprint density at radius 1 is 1.32 bits per heavy atom. The summed E-state index contributed by atoms with van der Waals surface area (Å²) in [7, 11) is 0. The van der Waals surface area contributed by atoms with E-state index in [0.717, 1.165) is 0 Å². The number of hydrogen-bond donors (Lipinski definition) is 3. The number of primary amides is 1. The number of carbonyl (C=O) groups excluding carboxylic acids is 2. The zero-order chi connectivity index (χ0) is 14.6. The zero-order valence-electron chi connectivity index (χ0n) is 11.3. The van der Waals surface area contributed by atoms with Crippen molar-refractivity contribution in [3.63, 3.8) is 0 Å². The van der Waals surface area contributed by atoms with Gasteiger partial charge in [0.05, 0.1) is 5.56 Å². The van der Waals surface area contributed by atoms with E-state index in [1.165, 1.54) is 6.07 Å². The Labute approximate surface area is 112 Å². The van der Waals surface area contributed by atoms with Crippen LogP contribution < -0.4 is 16.8 Å². The van der Waals surface area contributed by atoms with Gasteiger partial charge in [0.1, 0.15) is 5.60 Å². The molecule has 2 amide bonds. The highest BCUT2D eigenvalue weighted by atomic mass is 16.6. The number of nitrogens with one attached hydrogen (secondary N) is 1. The third kappa shape index (κ3) is 4.59. The van der Waals surface area contributed by atoms with Crippen molar-refractivity contribution < 1.29 is 14.3 Å². The standard InChI is InChI=1S/C13H19N3O3/c1-13(2,3)19-11(17)10-6-9(16-12(15)18)5-4-8(10)7-14/h4-6H,7,14H2,1-3H3,(H3,15,16,18). The Morgan fingerprint density at radius 2 is 1.95 bits per heavy atom. The van der Waals surface area contributed by atoms with Crippen molar-refractivity contribution in [2.24, 2.45) is 11.5 Å². The van der Waals surface area contributed by atoms with Gasteiger partial charge in [-0.25, -0.2) is 9.59 Å². The van der Waals surface area contributed by atoms with Gasteiger partial charge in [0.2, 0.25) is 0 Å². The number of benzene rings is 1. The van der Waals surface area contributed by atoms with Crippen LogP contribution in [0.4, 0.5) is 10.5 Å². The van der Waals surface area contributed by atoms with Gasteiger partial charge in [0.25, 0.3) is 0 Å². The summed E-state index contributed by atoms with van der Waals surface area (Å²) in [5, 5.41) is 2.40. The van der Waals surface area contributed by atoms with Crippen LogP contribution >= 0.6 is 0 Å². The molecule has 6 heteroatoms. The van der Waals surface area contributed by atoms with E-state index in [4.69, 9.17) is 16.2 Å². The predicted octanol–water partition coefficient (Wildman–Crippen LogP) is 1.59. The Morgan fingerprint density at radius 3 is 2.42 bits per heavy atom. The lowest BCUT2D eigenvalue weighted by Crippen LogP contribution is -2.25. The summed E-state index contributed by atoms with van der Waals surface area (Å²) in [5.74, 6) is -0.485. The van der Waals surface area contributed by atoms with Gasteiger partial charge in [-0.2, -0.15) is 0 Å². The molecule has 0 unspecified atom stereocenters. The van der Waals surface area contributed by atoms with Crippen LogP contribution in [-0.4, -0.2) is 17.6 Å². The molecule has 0 aliphatic rings. The first kappa shape index (κ1) is 15.0. The fraction of sp³-hybridized carbons (Fsp3) is 0.385. The van der Waals surface area contributed by atoms with Crippen molar-refractivity contribution in [2.75, 3.05) is 5.32 Å². The first-order valence-electron chi connectivity index (χ1n) is 5.86. The molecule has 0 saturated carbocycles. The van der Waals surface area contributed by atoms with Gasteiger partial charge >= 0.3 is 12.0 Å².